The van der Waals surface area contributed by atoms with Gasteiger partial charge in [0.1, 0.15) is 0 Å². The molecule has 4 nitrogen and oxygen atoms in total. The second-order valence-corrected chi connectivity index (χ2v) is 6.67. The first-order valence-corrected chi connectivity index (χ1v) is 7.94. The number of nitrogens with zero attached hydrogens (tertiary/aromatic N) is 1. The van der Waals surface area contributed by atoms with Crippen molar-refractivity contribution in [3.63, 3.8) is 0 Å². The largest absolute Gasteiger partial charge is 0.375 e. The normalized spacial score (nSPS) is 10.8. The molecule has 3 aromatic rings. The number of rotatable bonds is 2. The summed E-state index contributed by atoms with van der Waals surface area (Å²) in [4.78, 5) is 16.5. The molecule has 1 aromatic heterocycles. The second-order valence-electron chi connectivity index (χ2n) is 4.31. The molecule has 7 heteroatoms. The van der Waals surface area contributed by atoms with Gasteiger partial charge in [0, 0.05) is 15.1 Å². The minimum Gasteiger partial charge on any atom is -0.375 e. The van der Waals surface area contributed by atoms with E-state index in [-0.39, 0.29) is 5.91 Å². The van der Waals surface area contributed by atoms with Gasteiger partial charge in [-0.2, -0.15) is 0 Å². The molecule has 3 N–H and O–H groups in total. The quantitative estimate of drug-likeness (QED) is 0.683. The van der Waals surface area contributed by atoms with Crippen LogP contribution in [0, 0.1) is 0 Å². The summed E-state index contributed by atoms with van der Waals surface area (Å²) in [5.74, 6) is -0.202. The summed E-state index contributed by atoms with van der Waals surface area (Å²) < 4.78 is 1.61. The van der Waals surface area contributed by atoms with Crippen LogP contribution < -0.4 is 11.1 Å². The van der Waals surface area contributed by atoms with Crippen LogP contribution >= 0.6 is 38.9 Å². The van der Waals surface area contributed by atoms with Crippen LogP contribution in [0.2, 0.25) is 5.02 Å². The molecule has 0 unspecified atom stereocenters. The molecule has 2 aromatic carbocycles. The number of benzene rings is 2. The molecule has 0 aliphatic carbocycles. The molecule has 0 saturated heterocycles. The van der Waals surface area contributed by atoms with E-state index < -0.39 is 0 Å². The zero-order chi connectivity index (χ0) is 15.0. The average molecular weight is 383 g/mol. The molecular formula is C14H9BrClN3OS. The Morgan fingerprint density at radius 3 is 2.86 bits per heavy atom. The van der Waals surface area contributed by atoms with Crippen molar-refractivity contribution in [2.75, 3.05) is 11.1 Å². The molecule has 1 amide bonds. The number of nitrogen functional groups attached to an aromatic ring is 1. The van der Waals surface area contributed by atoms with Crippen molar-refractivity contribution in [3.05, 3.63) is 51.5 Å². The van der Waals surface area contributed by atoms with Gasteiger partial charge in [-0.15, -0.1) is 0 Å². The summed E-state index contributed by atoms with van der Waals surface area (Å²) in [6.07, 6.45) is 0. The first kappa shape index (κ1) is 14.3. The van der Waals surface area contributed by atoms with E-state index in [1.807, 2.05) is 0 Å². The number of aromatic nitrogens is 1. The van der Waals surface area contributed by atoms with Gasteiger partial charge in [-0.1, -0.05) is 22.9 Å². The summed E-state index contributed by atoms with van der Waals surface area (Å²) in [6, 6.07) is 10.5. The molecule has 0 saturated carbocycles. The van der Waals surface area contributed by atoms with E-state index in [0.717, 1.165) is 14.7 Å². The van der Waals surface area contributed by atoms with E-state index in [1.54, 1.807) is 36.4 Å². The Kier molecular flexibility index (Phi) is 3.84. The average Bonchev–Trinajstić information content (AvgIpc) is 2.80. The maximum Gasteiger partial charge on any atom is 0.255 e. The Bertz CT molecular complexity index is 849. The second kappa shape index (κ2) is 5.63. The fourth-order valence-electron chi connectivity index (χ4n) is 1.87. The Morgan fingerprint density at radius 2 is 2.10 bits per heavy atom. The zero-order valence-corrected chi connectivity index (χ0v) is 13.7. The molecule has 0 aliphatic rings. The van der Waals surface area contributed by atoms with Gasteiger partial charge in [0.05, 0.1) is 15.9 Å². The SMILES string of the molecule is Nc1nc2ccc(C(=O)Nc3ccc(Cl)cc3Br)cc2s1. The molecule has 0 fully saturated rings. The Morgan fingerprint density at radius 1 is 1.29 bits per heavy atom. The van der Waals surface area contributed by atoms with Gasteiger partial charge >= 0.3 is 0 Å². The Balaban J connectivity index is 1.89. The maximum atomic E-state index is 12.3. The minimum absolute atomic E-state index is 0.202. The topological polar surface area (TPSA) is 68.0 Å². The van der Waals surface area contributed by atoms with Gasteiger partial charge in [-0.25, -0.2) is 4.98 Å². The molecule has 3 rings (SSSR count). The number of thiazole rings is 1. The molecule has 0 spiro atoms. The zero-order valence-electron chi connectivity index (χ0n) is 10.6. The summed E-state index contributed by atoms with van der Waals surface area (Å²) in [5, 5.41) is 3.92. The highest BCUT2D eigenvalue weighted by Gasteiger charge is 2.11. The standard InChI is InChI=1S/C14H9BrClN3OS/c15-9-6-8(16)2-4-10(9)18-13(20)7-1-3-11-12(5-7)21-14(17)19-11/h1-6H,(H2,17,19)(H,18,20). The Hall–Kier alpha value is -1.63. The van der Waals surface area contributed by atoms with Crippen LogP contribution in [0.1, 0.15) is 10.4 Å². The highest BCUT2D eigenvalue weighted by Crippen LogP contribution is 2.28. The van der Waals surface area contributed by atoms with Crippen LogP contribution in [0.4, 0.5) is 10.8 Å². The van der Waals surface area contributed by atoms with E-state index >= 15 is 0 Å². The number of fused-ring (bicyclic) bond motifs is 1. The predicted molar refractivity (Wildman–Crippen MR) is 91.1 cm³/mol. The molecule has 0 aliphatic heterocycles. The highest BCUT2D eigenvalue weighted by molar-refractivity contribution is 9.10. The molecular weight excluding hydrogens is 374 g/mol. The van der Waals surface area contributed by atoms with Crippen molar-refractivity contribution in [1.29, 1.82) is 0 Å². The van der Waals surface area contributed by atoms with E-state index in [4.69, 9.17) is 17.3 Å². The van der Waals surface area contributed by atoms with Crippen molar-refractivity contribution in [3.8, 4) is 0 Å². The predicted octanol–water partition coefficient (Wildman–Crippen LogP) is 4.55. The lowest BCUT2D eigenvalue weighted by atomic mass is 10.2. The van der Waals surface area contributed by atoms with Gasteiger partial charge in [-0.3, -0.25) is 4.79 Å². The van der Waals surface area contributed by atoms with E-state index in [0.29, 0.717) is 21.4 Å². The van der Waals surface area contributed by atoms with Crippen molar-refractivity contribution in [2.45, 2.75) is 0 Å². The third-order valence-corrected chi connectivity index (χ3v) is 4.59. The number of anilines is 2. The van der Waals surface area contributed by atoms with E-state index in [1.165, 1.54) is 11.3 Å². The van der Waals surface area contributed by atoms with Gasteiger partial charge in [0.15, 0.2) is 5.13 Å². The number of nitrogens with one attached hydrogen (secondary N) is 1. The summed E-state index contributed by atoms with van der Waals surface area (Å²) in [7, 11) is 0. The van der Waals surface area contributed by atoms with E-state index in [2.05, 4.69) is 26.2 Å². The molecule has 1 heterocycles. The van der Waals surface area contributed by atoms with Gasteiger partial charge in [0.25, 0.3) is 5.91 Å². The maximum absolute atomic E-state index is 12.3. The summed E-state index contributed by atoms with van der Waals surface area (Å²) in [5.41, 5.74) is 7.67. The lowest BCUT2D eigenvalue weighted by molar-refractivity contribution is 0.102. The number of amides is 1. The fraction of sp³-hybridized carbons (Fsp3) is 0. The van der Waals surface area contributed by atoms with Gasteiger partial charge < -0.3 is 11.1 Å². The van der Waals surface area contributed by atoms with Crippen LogP contribution in [-0.4, -0.2) is 10.9 Å². The van der Waals surface area contributed by atoms with Crippen LogP contribution in [0.5, 0.6) is 0 Å². The lowest BCUT2D eigenvalue weighted by Gasteiger charge is -2.07. The number of hydrogen-bond acceptors (Lipinski definition) is 4. The summed E-state index contributed by atoms with van der Waals surface area (Å²) >= 11 is 10.6. The monoisotopic (exact) mass is 381 g/mol. The first-order valence-electron chi connectivity index (χ1n) is 5.95. The Labute approximate surface area is 138 Å². The molecule has 106 valence electrons. The lowest BCUT2D eigenvalue weighted by Crippen LogP contribution is -2.12. The van der Waals surface area contributed by atoms with Crippen molar-refractivity contribution >= 4 is 65.8 Å². The molecule has 0 radical (unpaired) electrons. The van der Waals surface area contributed by atoms with Crippen molar-refractivity contribution < 1.29 is 4.79 Å². The minimum atomic E-state index is -0.202. The molecule has 0 atom stereocenters. The third kappa shape index (κ3) is 3.02. The number of hydrogen-bond donors (Lipinski definition) is 2. The number of carbonyl (C=O) groups excluding carboxylic acids is 1. The highest BCUT2D eigenvalue weighted by atomic mass is 79.9. The van der Waals surface area contributed by atoms with Gasteiger partial charge in [-0.05, 0) is 52.3 Å². The first-order chi connectivity index (χ1) is 10.0. The number of halogens is 2. The number of carbonyl (C=O) groups is 1. The van der Waals surface area contributed by atoms with Crippen molar-refractivity contribution in [2.24, 2.45) is 0 Å². The third-order valence-electron chi connectivity index (χ3n) is 2.85. The van der Waals surface area contributed by atoms with Crippen molar-refractivity contribution in [1.82, 2.24) is 4.98 Å². The van der Waals surface area contributed by atoms with Crippen LogP contribution in [0.25, 0.3) is 10.2 Å². The summed E-state index contributed by atoms with van der Waals surface area (Å²) in [6.45, 7) is 0. The smallest absolute Gasteiger partial charge is 0.255 e. The van der Waals surface area contributed by atoms with Crippen LogP contribution in [0.3, 0.4) is 0 Å². The fourth-order valence-corrected chi connectivity index (χ4v) is 3.42. The van der Waals surface area contributed by atoms with Gasteiger partial charge in [0.2, 0.25) is 0 Å². The van der Waals surface area contributed by atoms with Crippen LogP contribution in [-0.2, 0) is 0 Å². The molecule has 0 bridgehead atoms. The van der Waals surface area contributed by atoms with Crippen LogP contribution in [0.15, 0.2) is 40.9 Å². The van der Waals surface area contributed by atoms with E-state index in [9.17, 15) is 4.79 Å². The number of nitrogens with two attached hydrogens (primary N) is 1. The molecule has 21 heavy (non-hydrogen) atoms.